The van der Waals surface area contributed by atoms with E-state index in [-0.39, 0.29) is 21.8 Å². The van der Waals surface area contributed by atoms with E-state index in [1.807, 2.05) is 13.0 Å². The van der Waals surface area contributed by atoms with Crippen molar-refractivity contribution in [2.75, 3.05) is 5.32 Å². The van der Waals surface area contributed by atoms with Crippen LogP contribution in [-0.2, 0) is 6.42 Å². The molecule has 0 aliphatic carbocycles. The molecule has 0 aliphatic heterocycles. The Balaban J connectivity index is 1.92. The van der Waals surface area contributed by atoms with Crippen molar-refractivity contribution in [2.45, 2.75) is 19.8 Å². The van der Waals surface area contributed by atoms with Crippen LogP contribution >= 0.6 is 11.6 Å². The van der Waals surface area contributed by atoms with E-state index in [4.69, 9.17) is 11.6 Å². The number of pyridine rings is 1. The Hall–Kier alpha value is -3.19. The topological polar surface area (TPSA) is 105 Å². The molecule has 0 bridgehead atoms. The molecule has 0 saturated carbocycles. The second-order valence-corrected chi connectivity index (χ2v) is 6.45. The predicted molar refractivity (Wildman–Crippen MR) is 105 cm³/mol. The van der Waals surface area contributed by atoms with E-state index in [9.17, 15) is 19.7 Å². The monoisotopic (exact) mass is 385 g/mol. The zero-order chi connectivity index (χ0) is 19.6. The van der Waals surface area contributed by atoms with Crippen molar-refractivity contribution in [3.05, 3.63) is 79.1 Å². The summed E-state index contributed by atoms with van der Waals surface area (Å²) < 4.78 is 0. The van der Waals surface area contributed by atoms with Gasteiger partial charge in [0.05, 0.1) is 10.4 Å². The van der Waals surface area contributed by atoms with E-state index in [2.05, 4.69) is 10.3 Å². The van der Waals surface area contributed by atoms with Gasteiger partial charge in [-0.2, -0.15) is 0 Å². The summed E-state index contributed by atoms with van der Waals surface area (Å²) in [6.45, 7) is 2.03. The summed E-state index contributed by atoms with van der Waals surface area (Å²) in [5.41, 5.74) is 1.60. The molecule has 138 valence electrons. The highest BCUT2D eigenvalue weighted by atomic mass is 35.5. The summed E-state index contributed by atoms with van der Waals surface area (Å²) in [6, 6.07) is 10.6. The summed E-state index contributed by atoms with van der Waals surface area (Å²) in [4.78, 5) is 37.4. The third-order valence-corrected chi connectivity index (χ3v) is 4.43. The third-order valence-electron chi connectivity index (χ3n) is 4.11. The molecule has 0 atom stereocenters. The number of H-pyrrole nitrogens is 1. The molecule has 2 N–H and O–H groups in total. The van der Waals surface area contributed by atoms with E-state index in [1.165, 1.54) is 12.1 Å². The van der Waals surface area contributed by atoms with Gasteiger partial charge in [-0.05, 0) is 36.2 Å². The molecule has 0 fully saturated rings. The van der Waals surface area contributed by atoms with Gasteiger partial charge in [0.2, 0.25) is 5.56 Å². The van der Waals surface area contributed by atoms with Crippen molar-refractivity contribution in [3.8, 4) is 0 Å². The lowest BCUT2D eigenvalue weighted by Gasteiger charge is -2.09. The molecule has 3 aromatic rings. The first-order valence-electron chi connectivity index (χ1n) is 8.30. The number of anilines is 1. The molecule has 2 aromatic carbocycles. The number of nitrogens with zero attached hydrogens (tertiary/aromatic N) is 1. The van der Waals surface area contributed by atoms with Crippen molar-refractivity contribution in [3.63, 3.8) is 0 Å². The van der Waals surface area contributed by atoms with Gasteiger partial charge in [-0.15, -0.1) is 0 Å². The van der Waals surface area contributed by atoms with Crippen molar-refractivity contribution in [2.24, 2.45) is 0 Å². The fourth-order valence-corrected chi connectivity index (χ4v) is 3.07. The Morgan fingerprint density at radius 2 is 2.00 bits per heavy atom. The number of carbonyl (C=O) groups is 1. The minimum atomic E-state index is -0.644. The van der Waals surface area contributed by atoms with Crippen LogP contribution < -0.4 is 10.9 Å². The van der Waals surface area contributed by atoms with Crippen molar-refractivity contribution < 1.29 is 9.72 Å². The van der Waals surface area contributed by atoms with Crippen LogP contribution in [0.4, 0.5) is 11.4 Å². The standard InChI is InChI=1S/C19H16ClN3O4/c1-2-3-11-9-18(24)22-16-10-13(5-6-14(11)16)21-19(25)12-4-7-15(20)17(8-12)23(26)27/h4-10H,2-3H2,1H3,(H,21,25)(H,22,24). The van der Waals surface area contributed by atoms with Gasteiger partial charge >= 0.3 is 0 Å². The largest absolute Gasteiger partial charge is 0.322 e. The first-order valence-corrected chi connectivity index (χ1v) is 8.68. The quantitative estimate of drug-likeness (QED) is 0.504. The summed E-state index contributed by atoms with van der Waals surface area (Å²) in [6.07, 6.45) is 1.69. The number of nitro benzene ring substituents is 1. The molecule has 1 amide bonds. The number of amides is 1. The lowest BCUT2D eigenvalue weighted by molar-refractivity contribution is -0.384. The van der Waals surface area contributed by atoms with Crippen LogP contribution in [0.15, 0.2) is 47.3 Å². The molecule has 1 heterocycles. The van der Waals surface area contributed by atoms with Gasteiger partial charge in [0, 0.05) is 28.8 Å². The minimum Gasteiger partial charge on any atom is -0.322 e. The highest BCUT2D eigenvalue weighted by Gasteiger charge is 2.16. The fourth-order valence-electron chi connectivity index (χ4n) is 2.88. The second-order valence-electron chi connectivity index (χ2n) is 6.05. The highest BCUT2D eigenvalue weighted by molar-refractivity contribution is 6.32. The van der Waals surface area contributed by atoms with Crippen LogP contribution in [-0.4, -0.2) is 15.8 Å². The van der Waals surface area contributed by atoms with Gasteiger partial charge in [0.1, 0.15) is 5.02 Å². The number of aryl methyl sites for hydroxylation is 1. The van der Waals surface area contributed by atoms with E-state index in [0.29, 0.717) is 11.2 Å². The van der Waals surface area contributed by atoms with Gasteiger partial charge in [0.25, 0.3) is 11.6 Å². The molecular weight excluding hydrogens is 370 g/mol. The predicted octanol–water partition coefficient (Wildman–Crippen LogP) is 4.29. The van der Waals surface area contributed by atoms with Crippen LogP contribution in [0.5, 0.6) is 0 Å². The summed E-state index contributed by atoms with van der Waals surface area (Å²) in [7, 11) is 0. The molecule has 8 heteroatoms. The Bertz CT molecular complexity index is 1110. The molecule has 0 aliphatic rings. The number of benzene rings is 2. The number of carbonyl (C=O) groups excluding carboxylic acids is 1. The van der Waals surface area contributed by atoms with E-state index in [0.717, 1.165) is 29.9 Å². The molecule has 0 spiro atoms. The zero-order valence-electron chi connectivity index (χ0n) is 14.4. The van der Waals surface area contributed by atoms with Crippen molar-refractivity contribution in [1.82, 2.24) is 4.98 Å². The molecular formula is C19H16ClN3O4. The van der Waals surface area contributed by atoms with Gasteiger partial charge in [0.15, 0.2) is 0 Å². The molecule has 0 saturated heterocycles. The lowest BCUT2D eigenvalue weighted by Crippen LogP contribution is -2.13. The molecule has 7 nitrogen and oxygen atoms in total. The van der Waals surface area contributed by atoms with E-state index >= 15 is 0 Å². The molecule has 0 unspecified atom stereocenters. The van der Waals surface area contributed by atoms with E-state index in [1.54, 1.807) is 18.2 Å². The zero-order valence-corrected chi connectivity index (χ0v) is 15.2. The van der Waals surface area contributed by atoms with E-state index < -0.39 is 10.8 Å². The number of aromatic amines is 1. The maximum absolute atomic E-state index is 12.4. The van der Waals surface area contributed by atoms with Gasteiger partial charge < -0.3 is 10.3 Å². The van der Waals surface area contributed by atoms with Crippen LogP contribution in [0.1, 0.15) is 29.3 Å². The number of aromatic nitrogens is 1. The average molecular weight is 386 g/mol. The Morgan fingerprint density at radius 1 is 1.22 bits per heavy atom. The normalized spacial score (nSPS) is 10.7. The van der Waals surface area contributed by atoms with Crippen molar-refractivity contribution >= 4 is 39.8 Å². The Kier molecular flexibility index (Phi) is 5.23. The maximum atomic E-state index is 12.4. The number of rotatable bonds is 5. The molecule has 3 rings (SSSR count). The number of fused-ring (bicyclic) bond motifs is 1. The first-order chi connectivity index (χ1) is 12.9. The van der Waals surface area contributed by atoms with Gasteiger partial charge in [-0.3, -0.25) is 19.7 Å². The smallest absolute Gasteiger partial charge is 0.288 e. The SMILES string of the molecule is CCCc1cc(=O)[nH]c2cc(NC(=O)c3ccc(Cl)c([N+](=O)[O-])c3)ccc12. The Morgan fingerprint density at radius 3 is 2.70 bits per heavy atom. The third kappa shape index (κ3) is 3.98. The van der Waals surface area contributed by atoms with Crippen molar-refractivity contribution in [1.29, 1.82) is 0 Å². The number of nitro groups is 1. The number of nitrogens with one attached hydrogen (secondary N) is 2. The number of halogens is 1. The van der Waals surface area contributed by atoms with Gasteiger partial charge in [-0.25, -0.2) is 0 Å². The second kappa shape index (κ2) is 7.59. The Labute approximate surface area is 159 Å². The van der Waals surface area contributed by atoms with Crippen LogP contribution in [0.3, 0.4) is 0 Å². The van der Waals surface area contributed by atoms with Gasteiger partial charge in [-0.1, -0.05) is 31.0 Å². The summed E-state index contributed by atoms with van der Waals surface area (Å²) in [5, 5.41) is 14.5. The van der Waals surface area contributed by atoms with Crippen LogP contribution in [0.2, 0.25) is 5.02 Å². The minimum absolute atomic E-state index is 0.0386. The number of hydrogen-bond donors (Lipinski definition) is 2. The number of hydrogen-bond acceptors (Lipinski definition) is 4. The van der Waals surface area contributed by atoms with Crippen LogP contribution in [0, 0.1) is 10.1 Å². The maximum Gasteiger partial charge on any atom is 0.288 e. The highest BCUT2D eigenvalue weighted by Crippen LogP contribution is 2.26. The average Bonchev–Trinajstić information content (AvgIpc) is 2.61. The first kappa shape index (κ1) is 18.6. The fraction of sp³-hybridized carbons (Fsp3) is 0.158. The lowest BCUT2D eigenvalue weighted by atomic mass is 10.0. The van der Waals surface area contributed by atoms with Crippen LogP contribution in [0.25, 0.3) is 10.9 Å². The molecule has 27 heavy (non-hydrogen) atoms. The summed E-state index contributed by atoms with van der Waals surface area (Å²) in [5.74, 6) is -0.513. The molecule has 1 aromatic heterocycles. The molecule has 0 radical (unpaired) electrons. The summed E-state index contributed by atoms with van der Waals surface area (Å²) >= 11 is 5.77.